The van der Waals surface area contributed by atoms with E-state index in [4.69, 9.17) is 9.47 Å². The largest absolute Gasteiger partial charge is 0.489 e. The van der Waals surface area contributed by atoms with Crippen molar-refractivity contribution in [2.24, 2.45) is 0 Å². The second-order valence-electron chi connectivity index (χ2n) is 5.90. The van der Waals surface area contributed by atoms with Crippen LogP contribution in [0.25, 0.3) is 0 Å². The van der Waals surface area contributed by atoms with Crippen LogP contribution in [0.5, 0.6) is 5.75 Å². The van der Waals surface area contributed by atoms with Gasteiger partial charge in [-0.3, -0.25) is 4.79 Å². The molecule has 5 nitrogen and oxygen atoms in total. The lowest BCUT2D eigenvalue weighted by molar-refractivity contribution is -0.123. The van der Waals surface area contributed by atoms with Gasteiger partial charge in [0.05, 0.1) is 12.7 Å². The van der Waals surface area contributed by atoms with Crippen LogP contribution in [-0.4, -0.2) is 31.2 Å². The van der Waals surface area contributed by atoms with Gasteiger partial charge in [-0.15, -0.1) is 12.4 Å². The average Bonchev–Trinajstić information content (AvgIpc) is 2.62. The predicted molar refractivity (Wildman–Crippen MR) is 100 cm³/mol. The molecule has 1 amide bonds. The fourth-order valence-electron chi connectivity index (χ4n) is 2.66. The van der Waals surface area contributed by atoms with Crippen molar-refractivity contribution in [3.8, 4) is 5.75 Å². The molecule has 140 valence electrons. The highest BCUT2D eigenvalue weighted by molar-refractivity contribution is 5.95. The Morgan fingerprint density at radius 1 is 1.27 bits per heavy atom. The highest BCUT2D eigenvalue weighted by Crippen LogP contribution is 2.18. The first-order valence-corrected chi connectivity index (χ1v) is 8.25. The zero-order valence-electron chi connectivity index (χ0n) is 14.4. The second-order valence-corrected chi connectivity index (χ2v) is 5.90. The number of carbonyl (C=O) groups excluding carboxylic acids is 1. The van der Waals surface area contributed by atoms with Crippen LogP contribution in [0.15, 0.2) is 48.5 Å². The molecule has 0 spiro atoms. The summed E-state index contributed by atoms with van der Waals surface area (Å²) in [5.41, 5.74) is 1.17. The quantitative estimate of drug-likeness (QED) is 0.836. The second kappa shape index (κ2) is 9.52. The normalized spacial score (nSPS) is 19.3. The summed E-state index contributed by atoms with van der Waals surface area (Å²) in [5, 5.41) is 6.00. The zero-order valence-corrected chi connectivity index (χ0v) is 15.2. The number of ether oxygens (including phenoxy) is 2. The molecule has 0 bridgehead atoms. The number of rotatable bonds is 5. The van der Waals surface area contributed by atoms with E-state index in [0.29, 0.717) is 30.2 Å². The molecular weight excluding hydrogens is 359 g/mol. The third-order valence-corrected chi connectivity index (χ3v) is 4.07. The number of halogens is 2. The van der Waals surface area contributed by atoms with Gasteiger partial charge in [-0.1, -0.05) is 18.2 Å². The monoisotopic (exact) mass is 380 g/mol. The van der Waals surface area contributed by atoms with Crippen molar-refractivity contribution in [1.82, 2.24) is 5.32 Å². The molecule has 2 N–H and O–H groups in total. The number of nitrogens with one attached hydrogen (secondary N) is 2. The summed E-state index contributed by atoms with van der Waals surface area (Å²) < 4.78 is 24.6. The minimum Gasteiger partial charge on any atom is -0.489 e. The van der Waals surface area contributed by atoms with Crippen molar-refractivity contribution < 1.29 is 18.7 Å². The maximum absolute atomic E-state index is 13.6. The lowest BCUT2D eigenvalue weighted by Gasteiger charge is -2.29. The zero-order chi connectivity index (χ0) is 17.6. The lowest BCUT2D eigenvalue weighted by atomic mass is 10.1. The molecule has 3 rings (SSSR count). The Morgan fingerprint density at radius 2 is 2.00 bits per heavy atom. The van der Waals surface area contributed by atoms with Crippen LogP contribution in [-0.2, 0) is 16.1 Å². The van der Waals surface area contributed by atoms with E-state index in [1.54, 1.807) is 42.5 Å². The molecule has 0 radical (unpaired) electrons. The molecule has 0 unspecified atom stereocenters. The Balaban J connectivity index is 0.00000243. The van der Waals surface area contributed by atoms with E-state index < -0.39 is 0 Å². The van der Waals surface area contributed by atoms with Crippen molar-refractivity contribution >= 4 is 24.0 Å². The third kappa shape index (κ3) is 5.17. The summed E-state index contributed by atoms with van der Waals surface area (Å²) in [6.07, 6.45) is -0.169. The Hall–Kier alpha value is -2.15. The van der Waals surface area contributed by atoms with E-state index in [1.807, 2.05) is 6.92 Å². The van der Waals surface area contributed by atoms with E-state index in [9.17, 15) is 9.18 Å². The molecule has 1 heterocycles. The number of amides is 1. The fourth-order valence-corrected chi connectivity index (χ4v) is 2.66. The summed E-state index contributed by atoms with van der Waals surface area (Å²) >= 11 is 0. The van der Waals surface area contributed by atoms with Crippen molar-refractivity contribution in [3.63, 3.8) is 0 Å². The maximum atomic E-state index is 13.6. The van der Waals surface area contributed by atoms with Gasteiger partial charge in [-0.05, 0) is 37.3 Å². The molecule has 2 atom stereocenters. The van der Waals surface area contributed by atoms with Crippen LogP contribution in [0.4, 0.5) is 10.1 Å². The summed E-state index contributed by atoms with van der Waals surface area (Å²) in [7, 11) is 0. The summed E-state index contributed by atoms with van der Waals surface area (Å²) in [6, 6.07) is 13.1. The number of carbonyl (C=O) groups is 1. The molecule has 0 saturated carbocycles. The van der Waals surface area contributed by atoms with E-state index >= 15 is 0 Å². The molecule has 1 aliphatic heterocycles. The third-order valence-electron chi connectivity index (χ3n) is 4.07. The van der Waals surface area contributed by atoms with Crippen LogP contribution < -0.4 is 15.4 Å². The fraction of sp³-hybridized carbons (Fsp3) is 0.316. The smallest absolute Gasteiger partial charge is 0.244 e. The Bertz CT molecular complexity index is 727. The van der Waals surface area contributed by atoms with Crippen LogP contribution in [0.2, 0.25) is 0 Å². The Labute approximate surface area is 158 Å². The van der Waals surface area contributed by atoms with Crippen LogP contribution in [0, 0.1) is 5.82 Å². The first-order chi connectivity index (χ1) is 12.1. The van der Waals surface area contributed by atoms with E-state index in [0.717, 1.165) is 0 Å². The van der Waals surface area contributed by atoms with E-state index in [1.165, 1.54) is 6.07 Å². The van der Waals surface area contributed by atoms with Gasteiger partial charge in [0.1, 0.15) is 24.2 Å². The number of hydrogen-bond donors (Lipinski definition) is 2. The van der Waals surface area contributed by atoms with Crippen LogP contribution in [0.1, 0.15) is 12.5 Å². The van der Waals surface area contributed by atoms with Gasteiger partial charge in [0.25, 0.3) is 0 Å². The first kappa shape index (κ1) is 20.2. The molecule has 26 heavy (non-hydrogen) atoms. The van der Waals surface area contributed by atoms with Crippen LogP contribution >= 0.6 is 12.4 Å². The van der Waals surface area contributed by atoms with Gasteiger partial charge in [-0.25, -0.2) is 4.39 Å². The number of anilines is 1. The number of benzene rings is 2. The number of hydrogen-bond acceptors (Lipinski definition) is 4. The van der Waals surface area contributed by atoms with Crippen molar-refractivity contribution in [3.05, 3.63) is 59.9 Å². The summed E-state index contributed by atoms with van der Waals surface area (Å²) in [5.74, 6) is 0.184. The van der Waals surface area contributed by atoms with Gasteiger partial charge in [0.2, 0.25) is 5.91 Å². The molecule has 2 aromatic carbocycles. The van der Waals surface area contributed by atoms with E-state index in [-0.39, 0.29) is 42.9 Å². The standard InChI is InChI=1S/C19H21FN2O3.ClH/c1-13-18(21-10-11-24-13)19(23)22-15-6-8-16(9-7-15)25-12-14-4-2-3-5-17(14)20;/h2-9,13,18,21H,10-12H2,1H3,(H,22,23);1H/t13-,18+;/m1./s1. The molecule has 0 aromatic heterocycles. The Morgan fingerprint density at radius 3 is 2.69 bits per heavy atom. The van der Waals surface area contributed by atoms with Gasteiger partial charge in [0, 0.05) is 17.8 Å². The van der Waals surface area contributed by atoms with Crippen molar-refractivity contribution in [2.45, 2.75) is 25.7 Å². The molecule has 7 heteroatoms. The minimum absolute atomic E-state index is 0. The molecule has 0 aliphatic carbocycles. The van der Waals surface area contributed by atoms with Crippen LogP contribution in [0.3, 0.4) is 0 Å². The predicted octanol–water partition coefficient (Wildman–Crippen LogP) is 3.14. The molecule has 1 aliphatic rings. The molecule has 2 aromatic rings. The maximum Gasteiger partial charge on any atom is 0.244 e. The van der Waals surface area contributed by atoms with E-state index in [2.05, 4.69) is 10.6 Å². The minimum atomic E-state index is -0.370. The van der Waals surface area contributed by atoms with Gasteiger partial charge in [-0.2, -0.15) is 0 Å². The first-order valence-electron chi connectivity index (χ1n) is 8.25. The summed E-state index contributed by atoms with van der Waals surface area (Å²) in [6.45, 7) is 3.29. The van der Waals surface area contributed by atoms with Crippen molar-refractivity contribution in [1.29, 1.82) is 0 Å². The summed E-state index contributed by atoms with van der Waals surface area (Å²) in [4.78, 5) is 12.3. The lowest BCUT2D eigenvalue weighted by Crippen LogP contribution is -2.53. The average molecular weight is 381 g/mol. The molecule has 1 saturated heterocycles. The molecular formula is C19H22ClFN2O3. The number of morpholine rings is 1. The van der Waals surface area contributed by atoms with Gasteiger partial charge < -0.3 is 20.1 Å². The highest BCUT2D eigenvalue weighted by atomic mass is 35.5. The topological polar surface area (TPSA) is 59.6 Å². The van der Waals surface area contributed by atoms with Gasteiger partial charge >= 0.3 is 0 Å². The SMILES string of the molecule is C[C@H]1OCCN[C@@H]1C(=O)Nc1ccc(OCc2ccccc2F)cc1.Cl. The van der Waals surface area contributed by atoms with Gasteiger partial charge in [0.15, 0.2) is 0 Å². The molecule has 1 fully saturated rings. The van der Waals surface area contributed by atoms with Crippen molar-refractivity contribution in [2.75, 3.05) is 18.5 Å². The Kier molecular flexibility index (Phi) is 7.38. The highest BCUT2D eigenvalue weighted by Gasteiger charge is 2.28.